The fourth-order valence-electron chi connectivity index (χ4n) is 5.12. The molecule has 0 bridgehead atoms. The van der Waals surface area contributed by atoms with Crippen LogP contribution in [0.2, 0.25) is 0 Å². The molecule has 96 valence electrons. The van der Waals surface area contributed by atoms with Gasteiger partial charge in [0.05, 0.1) is 20.1 Å². The second kappa shape index (κ2) is 3.85. The third kappa shape index (κ3) is 1.54. The maximum Gasteiger partial charge on any atom is 0.118 e. The molecule has 1 fully saturated rings. The first-order valence-corrected chi connectivity index (χ1v) is 7.65. The van der Waals surface area contributed by atoms with Crippen LogP contribution in [-0.4, -0.2) is 30.2 Å². The molecule has 3 atom stereocenters. The minimum Gasteiger partial charge on any atom is -0.317 e. The van der Waals surface area contributed by atoms with E-state index in [-0.39, 0.29) is 0 Å². The highest BCUT2D eigenvalue weighted by atomic mass is 15.4. The smallest absolute Gasteiger partial charge is 0.118 e. The normalized spacial score (nSPS) is 45.0. The summed E-state index contributed by atoms with van der Waals surface area (Å²) in [4.78, 5) is 0. The van der Waals surface area contributed by atoms with Crippen molar-refractivity contribution in [3.8, 4) is 0 Å². The lowest BCUT2D eigenvalue weighted by Crippen LogP contribution is -2.59. The molecule has 0 aromatic rings. The molecule has 0 spiro atoms. The van der Waals surface area contributed by atoms with Crippen LogP contribution in [-0.2, 0) is 0 Å². The summed E-state index contributed by atoms with van der Waals surface area (Å²) < 4.78 is 1.36. The highest BCUT2D eigenvalue weighted by Crippen LogP contribution is 2.53. The molecule has 1 nitrogen and oxygen atoms in total. The van der Waals surface area contributed by atoms with Crippen molar-refractivity contribution < 1.29 is 4.48 Å². The van der Waals surface area contributed by atoms with Crippen LogP contribution in [0.3, 0.4) is 0 Å². The highest BCUT2D eigenvalue weighted by molar-refractivity contribution is 5.31. The van der Waals surface area contributed by atoms with Crippen molar-refractivity contribution >= 4 is 0 Å². The third-order valence-corrected chi connectivity index (χ3v) is 6.13. The number of hydrogen-bond donors (Lipinski definition) is 0. The Balaban J connectivity index is 1.94. The van der Waals surface area contributed by atoms with Crippen molar-refractivity contribution in [1.82, 2.24) is 0 Å². The van der Waals surface area contributed by atoms with Gasteiger partial charge in [-0.05, 0) is 38.2 Å². The standard InChI is InChI=1S/C16H28N/c1-4-6-13-11-16(2)15-8-5-7-14(15)9-10-17(16,3)12-13/h13H,4-12H2,1-3H3/q+1/t13-,16-,17-/m1/s1. The van der Waals surface area contributed by atoms with E-state index >= 15 is 0 Å². The average molecular weight is 234 g/mol. The van der Waals surface area contributed by atoms with E-state index in [4.69, 9.17) is 0 Å². The van der Waals surface area contributed by atoms with Crippen LogP contribution in [0.25, 0.3) is 0 Å². The molecule has 2 aliphatic heterocycles. The number of hydrogen-bond acceptors (Lipinski definition) is 0. The number of quaternary nitrogens is 1. The molecule has 17 heavy (non-hydrogen) atoms. The molecule has 0 unspecified atom stereocenters. The quantitative estimate of drug-likeness (QED) is 0.502. The molecule has 0 saturated carbocycles. The van der Waals surface area contributed by atoms with E-state index in [0.717, 1.165) is 5.92 Å². The van der Waals surface area contributed by atoms with Gasteiger partial charge in [-0.3, -0.25) is 0 Å². The fourth-order valence-corrected chi connectivity index (χ4v) is 5.12. The summed E-state index contributed by atoms with van der Waals surface area (Å²) in [5.41, 5.74) is 4.27. The predicted molar refractivity (Wildman–Crippen MR) is 72.8 cm³/mol. The predicted octanol–water partition coefficient (Wildman–Crippen LogP) is 3.90. The van der Waals surface area contributed by atoms with E-state index in [9.17, 15) is 0 Å². The molecule has 1 heteroatoms. The van der Waals surface area contributed by atoms with Gasteiger partial charge in [0.2, 0.25) is 0 Å². The first-order chi connectivity index (χ1) is 8.09. The molecule has 2 heterocycles. The SMILES string of the molecule is CCC[C@@H]1C[C@]2(C)C3=C(CCC3)CC[N@+]2(C)C1. The van der Waals surface area contributed by atoms with Gasteiger partial charge in [-0.25, -0.2) is 0 Å². The molecule has 0 aromatic heterocycles. The summed E-state index contributed by atoms with van der Waals surface area (Å²) in [5.74, 6) is 0.988. The molecule has 3 aliphatic rings. The van der Waals surface area contributed by atoms with Crippen LogP contribution >= 0.6 is 0 Å². The van der Waals surface area contributed by atoms with Gasteiger partial charge in [0, 0.05) is 18.8 Å². The van der Waals surface area contributed by atoms with Gasteiger partial charge in [0.15, 0.2) is 0 Å². The second-order valence-corrected chi connectivity index (χ2v) is 7.12. The molecule has 3 rings (SSSR count). The van der Waals surface area contributed by atoms with Gasteiger partial charge < -0.3 is 4.48 Å². The molecular formula is C16H28N+. The van der Waals surface area contributed by atoms with Crippen molar-refractivity contribution in [2.75, 3.05) is 20.1 Å². The Labute approximate surface area is 106 Å². The van der Waals surface area contributed by atoms with Crippen LogP contribution in [0.5, 0.6) is 0 Å². The largest absolute Gasteiger partial charge is 0.317 e. The van der Waals surface area contributed by atoms with Crippen molar-refractivity contribution in [3.05, 3.63) is 11.1 Å². The summed E-state index contributed by atoms with van der Waals surface area (Å²) in [6.45, 7) is 7.79. The minimum absolute atomic E-state index is 0.518. The molecule has 1 saturated heterocycles. The minimum atomic E-state index is 0.518. The van der Waals surface area contributed by atoms with Gasteiger partial charge in [0.25, 0.3) is 0 Å². The first-order valence-electron chi connectivity index (χ1n) is 7.65. The lowest BCUT2D eigenvalue weighted by molar-refractivity contribution is -0.941. The van der Waals surface area contributed by atoms with Gasteiger partial charge in [-0.1, -0.05) is 18.9 Å². The number of nitrogens with zero attached hydrogens (tertiary/aromatic N) is 1. The summed E-state index contributed by atoms with van der Waals surface area (Å²) in [7, 11) is 2.54. The number of likely N-dealkylation sites (N-methyl/N-ethyl adjacent to an activating group) is 1. The summed E-state index contributed by atoms with van der Waals surface area (Å²) >= 11 is 0. The Bertz CT molecular complexity index is 357. The van der Waals surface area contributed by atoms with Gasteiger partial charge >= 0.3 is 0 Å². The zero-order valence-corrected chi connectivity index (χ0v) is 11.9. The fraction of sp³-hybridized carbons (Fsp3) is 0.875. The molecule has 1 aliphatic carbocycles. The number of rotatable bonds is 2. The van der Waals surface area contributed by atoms with Crippen LogP contribution in [0, 0.1) is 5.92 Å². The van der Waals surface area contributed by atoms with Crippen molar-refractivity contribution in [2.45, 2.75) is 64.3 Å². The Hall–Kier alpha value is -0.300. The summed E-state index contributed by atoms with van der Waals surface area (Å²) in [6, 6.07) is 0. The van der Waals surface area contributed by atoms with Gasteiger partial charge in [-0.15, -0.1) is 0 Å². The zero-order valence-electron chi connectivity index (χ0n) is 11.9. The number of fused-ring (bicyclic) bond motifs is 2. The Morgan fingerprint density at radius 2 is 2.12 bits per heavy atom. The van der Waals surface area contributed by atoms with E-state index in [2.05, 4.69) is 20.9 Å². The molecule has 0 radical (unpaired) electrons. The Kier molecular flexibility index (Phi) is 2.66. The molecule has 0 aromatic carbocycles. The second-order valence-electron chi connectivity index (χ2n) is 7.12. The lowest BCUT2D eigenvalue weighted by atomic mass is 9.79. The van der Waals surface area contributed by atoms with Crippen molar-refractivity contribution in [2.24, 2.45) is 5.92 Å². The van der Waals surface area contributed by atoms with Crippen LogP contribution in [0.1, 0.15) is 58.8 Å². The van der Waals surface area contributed by atoms with Gasteiger partial charge in [0.1, 0.15) is 5.54 Å². The van der Waals surface area contributed by atoms with Gasteiger partial charge in [-0.2, -0.15) is 0 Å². The van der Waals surface area contributed by atoms with E-state index in [1.165, 1.54) is 62.5 Å². The van der Waals surface area contributed by atoms with Crippen LogP contribution in [0.15, 0.2) is 11.1 Å². The van der Waals surface area contributed by atoms with Crippen LogP contribution in [0.4, 0.5) is 0 Å². The van der Waals surface area contributed by atoms with E-state index in [0.29, 0.717) is 5.54 Å². The highest BCUT2D eigenvalue weighted by Gasteiger charge is 2.57. The third-order valence-electron chi connectivity index (χ3n) is 6.13. The van der Waals surface area contributed by atoms with Crippen LogP contribution < -0.4 is 0 Å². The zero-order chi connectivity index (χ0) is 12.1. The lowest BCUT2D eigenvalue weighted by Gasteiger charge is -2.48. The average Bonchev–Trinajstić information content (AvgIpc) is 2.82. The first kappa shape index (κ1) is 11.8. The Morgan fingerprint density at radius 3 is 2.88 bits per heavy atom. The topological polar surface area (TPSA) is 0 Å². The molecular weight excluding hydrogens is 206 g/mol. The summed E-state index contributed by atoms with van der Waals surface area (Å²) in [5, 5.41) is 0. The maximum absolute atomic E-state index is 2.59. The molecule has 0 N–H and O–H groups in total. The maximum atomic E-state index is 2.59. The Morgan fingerprint density at radius 1 is 1.29 bits per heavy atom. The van der Waals surface area contributed by atoms with E-state index in [1.54, 1.807) is 0 Å². The van der Waals surface area contributed by atoms with E-state index < -0.39 is 0 Å². The van der Waals surface area contributed by atoms with Crippen molar-refractivity contribution in [1.29, 1.82) is 0 Å². The summed E-state index contributed by atoms with van der Waals surface area (Å²) in [6.07, 6.45) is 9.97. The molecule has 0 amide bonds. The van der Waals surface area contributed by atoms with Crippen molar-refractivity contribution in [3.63, 3.8) is 0 Å². The van der Waals surface area contributed by atoms with E-state index in [1.807, 2.05) is 11.1 Å². The monoisotopic (exact) mass is 234 g/mol.